The first-order valence-corrected chi connectivity index (χ1v) is 2.74. The summed E-state index contributed by atoms with van der Waals surface area (Å²) in [5.74, 6) is 0.271. The largest absolute Gasteiger partial charge is 0.350 e. The molecule has 0 atom stereocenters. The van der Waals surface area contributed by atoms with Crippen LogP contribution in [0.1, 0.15) is 0 Å². The van der Waals surface area contributed by atoms with Crippen LogP contribution in [-0.2, 0) is 0 Å². The lowest BCUT2D eigenvalue weighted by molar-refractivity contribution is -0.138. The SMILES string of the molecule is OOc1ccc[nH]c1=S. The van der Waals surface area contributed by atoms with Crippen LogP contribution >= 0.6 is 12.2 Å². The first kappa shape index (κ1) is 6.25. The molecule has 0 bridgehead atoms. The molecule has 0 radical (unpaired) electrons. The standard InChI is InChI=1S/C5H5NO2S/c7-8-4-2-1-3-6-5(4)9/h1-3,7H,(H,6,9). The fourth-order valence-electron chi connectivity index (χ4n) is 0.478. The van der Waals surface area contributed by atoms with Crippen LogP contribution in [0, 0.1) is 4.64 Å². The Morgan fingerprint density at radius 3 is 2.89 bits per heavy atom. The molecule has 1 heterocycles. The molecule has 0 spiro atoms. The Hall–Kier alpha value is -0.870. The molecule has 0 aromatic carbocycles. The fourth-order valence-corrected chi connectivity index (χ4v) is 0.651. The van der Waals surface area contributed by atoms with Gasteiger partial charge in [0.1, 0.15) is 4.64 Å². The minimum atomic E-state index is 0.271. The monoisotopic (exact) mass is 143 g/mol. The number of hydrogen-bond acceptors (Lipinski definition) is 3. The van der Waals surface area contributed by atoms with Gasteiger partial charge >= 0.3 is 0 Å². The van der Waals surface area contributed by atoms with E-state index in [1.807, 2.05) is 0 Å². The van der Waals surface area contributed by atoms with Crippen molar-refractivity contribution >= 4 is 12.2 Å². The van der Waals surface area contributed by atoms with Crippen LogP contribution < -0.4 is 4.89 Å². The maximum absolute atomic E-state index is 8.13. The highest BCUT2D eigenvalue weighted by Gasteiger charge is 1.90. The first-order valence-electron chi connectivity index (χ1n) is 2.33. The van der Waals surface area contributed by atoms with E-state index in [0.29, 0.717) is 4.64 Å². The van der Waals surface area contributed by atoms with Gasteiger partial charge in [0.05, 0.1) is 0 Å². The van der Waals surface area contributed by atoms with Crippen molar-refractivity contribution in [3.05, 3.63) is 23.0 Å². The molecule has 0 saturated heterocycles. The quantitative estimate of drug-likeness (QED) is 0.356. The summed E-state index contributed by atoms with van der Waals surface area (Å²) in [6.07, 6.45) is 1.66. The predicted octanol–water partition coefficient (Wildman–Crippen LogP) is 1.60. The van der Waals surface area contributed by atoms with E-state index in [0.717, 1.165) is 0 Å². The predicted molar refractivity (Wildman–Crippen MR) is 34.9 cm³/mol. The van der Waals surface area contributed by atoms with Gasteiger partial charge in [-0.15, -0.1) is 0 Å². The highest BCUT2D eigenvalue weighted by atomic mass is 32.1. The summed E-state index contributed by atoms with van der Waals surface area (Å²) in [7, 11) is 0. The van der Waals surface area contributed by atoms with Gasteiger partial charge < -0.3 is 9.87 Å². The van der Waals surface area contributed by atoms with E-state index in [2.05, 4.69) is 9.87 Å². The van der Waals surface area contributed by atoms with Crippen LogP contribution in [0.25, 0.3) is 0 Å². The second-order valence-corrected chi connectivity index (χ2v) is 1.86. The van der Waals surface area contributed by atoms with Gasteiger partial charge in [0.2, 0.25) is 0 Å². The smallest absolute Gasteiger partial charge is 0.199 e. The van der Waals surface area contributed by atoms with Crippen molar-refractivity contribution in [2.45, 2.75) is 0 Å². The van der Waals surface area contributed by atoms with Crippen molar-refractivity contribution in [2.24, 2.45) is 0 Å². The van der Waals surface area contributed by atoms with Gasteiger partial charge in [-0.3, -0.25) is 0 Å². The lowest BCUT2D eigenvalue weighted by Crippen LogP contribution is -1.84. The van der Waals surface area contributed by atoms with Crippen LogP contribution in [0.2, 0.25) is 0 Å². The molecule has 0 amide bonds. The zero-order chi connectivity index (χ0) is 6.69. The summed E-state index contributed by atoms with van der Waals surface area (Å²) in [4.78, 5) is 6.59. The summed E-state index contributed by atoms with van der Waals surface area (Å²) in [6, 6.07) is 3.25. The Balaban J connectivity index is 3.16. The number of nitrogens with one attached hydrogen (secondary N) is 1. The fraction of sp³-hybridized carbons (Fsp3) is 0. The maximum atomic E-state index is 8.13. The topological polar surface area (TPSA) is 45.2 Å². The van der Waals surface area contributed by atoms with Crippen LogP contribution in [0.4, 0.5) is 0 Å². The van der Waals surface area contributed by atoms with Gasteiger partial charge in [-0.25, -0.2) is 5.26 Å². The van der Waals surface area contributed by atoms with E-state index in [4.69, 9.17) is 17.5 Å². The highest BCUT2D eigenvalue weighted by molar-refractivity contribution is 7.71. The Bertz CT molecular complexity index is 245. The van der Waals surface area contributed by atoms with E-state index in [-0.39, 0.29) is 5.75 Å². The highest BCUT2D eigenvalue weighted by Crippen LogP contribution is 2.07. The van der Waals surface area contributed by atoms with E-state index in [9.17, 15) is 0 Å². The van der Waals surface area contributed by atoms with Crippen LogP contribution in [-0.4, -0.2) is 10.2 Å². The van der Waals surface area contributed by atoms with Crippen molar-refractivity contribution in [3.8, 4) is 5.75 Å². The number of hydrogen-bond donors (Lipinski definition) is 2. The zero-order valence-electron chi connectivity index (χ0n) is 4.50. The van der Waals surface area contributed by atoms with Gasteiger partial charge in [-0.2, -0.15) is 0 Å². The summed E-state index contributed by atoms with van der Waals surface area (Å²) >= 11 is 4.71. The van der Waals surface area contributed by atoms with Crippen molar-refractivity contribution < 1.29 is 10.1 Å². The van der Waals surface area contributed by atoms with Crippen molar-refractivity contribution in [1.29, 1.82) is 0 Å². The molecule has 0 aliphatic heterocycles. The summed E-state index contributed by atoms with van der Waals surface area (Å²) in [5.41, 5.74) is 0. The number of aromatic nitrogens is 1. The van der Waals surface area contributed by atoms with Gasteiger partial charge in [-0.05, 0) is 12.1 Å². The van der Waals surface area contributed by atoms with Crippen molar-refractivity contribution in [1.82, 2.24) is 4.98 Å². The molecular weight excluding hydrogens is 138 g/mol. The molecule has 0 aliphatic carbocycles. The molecule has 1 aromatic rings. The number of pyridine rings is 1. The van der Waals surface area contributed by atoms with E-state index >= 15 is 0 Å². The average molecular weight is 143 g/mol. The number of rotatable bonds is 1. The minimum Gasteiger partial charge on any atom is -0.350 e. The van der Waals surface area contributed by atoms with Gasteiger partial charge in [0.15, 0.2) is 5.75 Å². The van der Waals surface area contributed by atoms with Crippen molar-refractivity contribution in [2.75, 3.05) is 0 Å². The summed E-state index contributed by atoms with van der Waals surface area (Å²) in [5, 5.41) is 8.13. The first-order chi connectivity index (χ1) is 4.34. The molecule has 2 N–H and O–H groups in total. The van der Waals surface area contributed by atoms with Crippen LogP contribution in [0.15, 0.2) is 18.3 Å². The molecule has 1 aromatic heterocycles. The molecule has 4 heteroatoms. The summed E-state index contributed by atoms with van der Waals surface area (Å²) in [6.45, 7) is 0. The van der Waals surface area contributed by atoms with Crippen LogP contribution in [0.5, 0.6) is 5.75 Å². The minimum absolute atomic E-state index is 0.271. The Morgan fingerprint density at radius 1 is 1.67 bits per heavy atom. The average Bonchev–Trinajstić information content (AvgIpc) is 1.89. The molecule has 3 nitrogen and oxygen atoms in total. The molecule has 48 valence electrons. The van der Waals surface area contributed by atoms with Gasteiger partial charge in [0, 0.05) is 6.20 Å². The van der Waals surface area contributed by atoms with E-state index in [1.165, 1.54) is 0 Å². The molecule has 9 heavy (non-hydrogen) atoms. The van der Waals surface area contributed by atoms with E-state index in [1.54, 1.807) is 18.3 Å². The number of H-pyrrole nitrogens is 1. The Morgan fingerprint density at radius 2 is 2.44 bits per heavy atom. The molecule has 0 aliphatic rings. The Kier molecular flexibility index (Phi) is 1.81. The van der Waals surface area contributed by atoms with E-state index < -0.39 is 0 Å². The van der Waals surface area contributed by atoms with Gasteiger partial charge in [0.25, 0.3) is 0 Å². The molecular formula is C5H5NO2S. The normalized spacial score (nSPS) is 9.00. The van der Waals surface area contributed by atoms with Crippen molar-refractivity contribution in [3.63, 3.8) is 0 Å². The van der Waals surface area contributed by atoms with Crippen LogP contribution in [0.3, 0.4) is 0 Å². The Labute approximate surface area is 56.8 Å². The molecule has 0 saturated carbocycles. The lowest BCUT2D eigenvalue weighted by atomic mass is 10.5. The van der Waals surface area contributed by atoms with Gasteiger partial charge in [-0.1, -0.05) is 12.2 Å². The lowest BCUT2D eigenvalue weighted by Gasteiger charge is -1.92. The second-order valence-electron chi connectivity index (χ2n) is 1.45. The zero-order valence-corrected chi connectivity index (χ0v) is 5.31. The molecule has 0 unspecified atom stereocenters. The second kappa shape index (κ2) is 2.61. The molecule has 1 rings (SSSR count). The number of aromatic amines is 1. The third-order valence-electron chi connectivity index (χ3n) is 0.880. The maximum Gasteiger partial charge on any atom is 0.199 e. The summed E-state index contributed by atoms with van der Waals surface area (Å²) < 4.78 is 0.389. The molecule has 0 fully saturated rings. The third-order valence-corrected chi connectivity index (χ3v) is 1.20. The third kappa shape index (κ3) is 1.28.